The zero-order valence-corrected chi connectivity index (χ0v) is 12.6. The molecule has 112 valence electrons. The number of phenols is 2. The van der Waals surface area contributed by atoms with Crippen LogP contribution in [0.2, 0.25) is 0 Å². The van der Waals surface area contributed by atoms with Gasteiger partial charge in [-0.25, -0.2) is 9.78 Å². The van der Waals surface area contributed by atoms with Crippen LogP contribution >= 0.6 is 11.3 Å². The molecule has 0 fully saturated rings. The molecular weight excluding hydrogens is 302 g/mol. The Morgan fingerprint density at radius 3 is 2.68 bits per heavy atom. The van der Waals surface area contributed by atoms with Gasteiger partial charge >= 0.3 is 5.97 Å². The number of carbonyl (C=O) groups is 1. The maximum Gasteiger partial charge on any atom is 0.342 e. The first-order valence-corrected chi connectivity index (χ1v) is 7.46. The fourth-order valence-corrected chi connectivity index (χ4v) is 2.79. The number of phenolic OH excluding ortho intramolecular Hbond substituents is 2. The quantitative estimate of drug-likeness (QED) is 0.572. The molecule has 0 amide bonds. The number of esters is 1. The van der Waals surface area contributed by atoms with Crippen LogP contribution in [0.4, 0.5) is 0 Å². The number of aryl methyl sites for hydroxylation is 1. The summed E-state index contributed by atoms with van der Waals surface area (Å²) in [7, 11) is 0. The Labute approximate surface area is 130 Å². The lowest BCUT2D eigenvalue weighted by Crippen LogP contribution is -2.06. The fraction of sp³-hybridized carbons (Fsp3) is 0.125. The standard InChI is InChI=1S/C16H13NO4S/c1-9-17-10(8-22-9)7-21-16(20)13-6-14(18)11-4-2-3-5-12(11)15(13)19/h2-6,8,18-19H,7H2,1H3. The molecule has 1 aromatic heterocycles. The van der Waals surface area contributed by atoms with Gasteiger partial charge in [0.2, 0.25) is 0 Å². The number of ether oxygens (including phenoxy) is 1. The minimum Gasteiger partial charge on any atom is -0.507 e. The van der Waals surface area contributed by atoms with Crippen LogP contribution in [0.25, 0.3) is 10.8 Å². The van der Waals surface area contributed by atoms with E-state index in [1.807, 2.05) is 6.92 Å². The third-order valence-corrected chi connectivity index (χ3v) is 4.05. The van der Waals surface area contributed by atoms with Gasteiger partial charge < -0.3 is 14.9 Å². The number of carbonyl (C=O) groups excluding carboxylic acids is 1. The van der Waals surface area contributed by atoms with E-state index in [1.54, 1.807) is 29.6 Å². The van der Waals surface area contributed by atoms with Gasteiger partial charge in [-0.1, -0.05) is 24.3 Å². The third kappa shape index (κ3) is 2.60. The van der Waals surface area contributed by atoms with Gasteiger partial charge in [0.25, 0.3) is 0 Å². The summed E-state index contributed by atoms with van der Waals surface area (Å²) in [5.41, 5.74) is 0.587. The van der Waals surface area contributed by atoms with Crippen molar-refractivity contribution in [1.29, 1.82) is 0 Å². The summed E-state index contributed by atoms with van der Waals surface area (Å²) in [6.45, 7) is 1.89. The highest BCUT2D eigenvalue weighted by atomic mass is 32.1. The molecule has 0 unspecified atom stereocenters. The van der Waals surface area contributed by atoms with Gasteiger partial charge in [-0.05, 0) is 13.0 Å². The Hall–Kier alpha value is -2.60. The maximum atomic E-state index is 12.1. The van der Waals surface area contributed by atoms with Crippen LogP contribution in [0, 0.1) is 6.92 Å². The van der Waals surface area contributed by atoms with Gasteiger partial charge in [0.05, 0.1) is 10.7 Å². The molecule has 0 saturated heterocycles. The number of nitrogens with zero attached hydrogens (tertiary/aromatic N) is 1. The average molecular weight is 315 g/mol. The average Bonchev–Trinajstić information content (AvgIpc) is 2.94. The van der Waals surface area contributed by atoms with Crippen molar-refractivity contribution in [3.63, 3.8) is 0 Å². The van der Waals surface area contributed by atoms with Gasteiger partial charge in [-0.3, -0.25) is 0 Å². The summed E-state index contributed by atoms with van der Waals surface area (Å²) >= 11 is 1.47. The maximum absolute atomic E-state index is 12.1. The number of aromatic hydroxyl groups is 2. The van der Waals surface area contributed by atoms with Gasteiger partial charge in [0.1, 0.15) is 23.7 Å². The second-order valence-corrected chi connectivity index (χ2v) is 5.83. The van der Waals surface area contributed by atoms with Gasteiger partial charge in [0, 0.05) is 16.2 Å². The van der Waals surface area contributed by atoms with Crippen LogP contribution in [0.3, 0.4) is 0 Å². The molecule has 0 aliphatic carbocycles. The number of benzene rings is 2. The third-order valence-electron chi connectivity index (χ3n) is 3.23. The molecule has 0 aliphatic rings. The molecular formula is C16H13NO4S. The summed E-state index contributed by atoms with van der Waals surface area (Å²) in [5, 5.41) is 23.8. The van der Waals surface area contributed by atoms with Crippen molar-refractivity contribution in [3.8, 4) is 11.5 Å². The minimum atomic E-state index is -0.704. The predicted molar refractivity (Wildman–Crippen MR) is 83.2 cm³/mol. The van der Waals surface area contributed by atoms with E-state index >= 15 is 0 Å². The summed E-state index contributed by atoms with van der Waals surface area (Å²) in [6.07, 6.45) is 0. The Bertz CT molecular complexity index is 856. The number of fused-ring (bicyclic) bond motifs is 1. The van der Waals surface area contributed by atoms with E-state index in [-0.39, 0.29) is 23.7 Å². The van der Waals surface area contributed by atoms with Crippen molar-refractivity contribution >= 4 is 28.1 Å². The number of aromatic nitrogens is 1. The molecule has 5 nitrogen and oxygen atoms in total. The van der Waals surface area contributed by atoms with Crippen LogP contribution in [-0.4, -0.2) is 21.2 Å². The first-order chi connectivity index (χ1) is 10.6. The Balaban J connectivity index is 1.89. The number of thiazole rings is 1. The van der Waals surface area contributed by atoms with Crippen LogP contribution in [-0.2, 0) is 11.3 Å². The molecule has 0 bridgehead atoms. The van der Waals surface area contributed by atoms with E-state index in [1.165, 1.54) is 17.4 Å². The van der Waals surface area contributed by atoms with Crippen molar-refractivity contribution in [2.75, 3.05) is 0 Å². The highest BCUT2D eigenvalue weighted by molar-refractivity contribution is 7.09. The molecule has 22 heavy (non-hydrogen) atoms. The van der Waals surface area contributed by atoms with E-state index in [4.69, 9.17) is 4.74 Å². The zero-order valence-electron chi connectivity index (χ0n) is 11.7. The van der Waals surface area contributed by atoms with Crippen molar-refractivity contribution in [3.05, 3.63) is 52.0 Å². The smallest absolute Gasteiger partial charge is 0.342 e. The lowest BCUT2D eigenvalue weighted by Gasteiger charge is -2.09. The molecule has 0 aliphatic heterocycles. The van der Waals surface area contributed by atoms with Gasteiger partial charge in [0.15, 0.2) is 0 Å². The molecule has 2 N–H and O–H groups in total. The van der Waals surface area contributed by atoms with E-state index in [0.717, 1.165) is 5.01 Å². The van der Waals surface area contributed by atoms with Crippen molar-refractivity contribution < 1.29 is 19.7 Å². The summed E-state index contributed by atoms with van der Waals surface area (Å²) in [4.78, 5) is 16.3. The van der Waals surface area contributed by atoms with Crippen molar-refractivity contribution in [2.45, 2.75) is 13.5 Å². The SMILES string of the molecule is Cc1nc(COC(=O)c2cc(O)c3ccccc3c2O)cs1. The topological polar surface area (TPSA) is 79.7 Å². The van der Waals surface area contributed by atoms with Gasteiger partial charge in [-0.15, -0.1) is 11.3 Å². The Morgan fingerprint density at radius 2 is 2.00 bits per heavy atom. The molecule has 0 saturated carbocycles. The summed E-state index contributed by atoms with van der Waals surface area (Å²) < 4.78 is 5.15. The molecule has 6 heteroatoms. The first kappa shape index (κ1) is 14.3. The largest absolute Gasteiger partial charge is 0.507 e. The second-order valence-electron chi connectivity index (χ2n) is 4.77. The van der Waals surface area contributed by atoms with Crippen molar-refractivity contribution in [1.82, 2.24) is 4.98 Å². The van der Waals surface area contributed by atoms with E-state index in [2.05, 4.69) is 4.98 Å². The van der Waals surface area contributed by atoms with Crippen LogP contribution in [0.5, 0.6) is 11.5 Å². The number of hydrogen-bond donors (Lipinski definition) is 2. The fourth-order valence-electron chi connectivity index (χ4n) is 2.19. The van der Waals surface area contributed by atoms with Crippen molar-refractivity contribution in [2.24, 2.45) is 0 Å². The molecule has 0 atom stereocenters. The van der Waals surface area contributed by atoms with Crippen LogP contribution < -0.4 is 0 Å². The monoisotopic (exact) mass is 315 g/mol. The number of rotatable bonds is 3. The highest BCUT2D eigenvalue weighted by Crippen LogP contribution is 2.35. The molecule has 0 spiro atoms. The number of hydrogen-bond acceptors (Lipinski definition) is 6. The molecule has 3 aromatic rings. The predicted octanol–water partition coefficient (Wildman–Crippen LogP) is 3.37. The lowest BCUT2D eigenvalue weighted by molar-refractivity contribution is 0.0465. The molecule has 2 aromatic carbocycles. The second kappa shape index (κ2) is 5.65. The molecule has 0 radical (unpaired) electrons. The van der Waals surface area contributed by atoms with Crippen LogP contribution in [0.15, 0.2) is 35.7 Å². The summed E-state index contributed by atoms with van der Waals surface area (Å²) in [6, 6.07) is 7.97. The summed E-state index contributed by atoms with van der Waals surface area (Å²) in [5.74, 6) is -0.984. The lowest BCUT2D eigenvalue weighted by atomic mass is 10.0. The zero-order chi connectivity index (χ0) is 15.7. The Morgan fingerprint density at radius 1 is 1.27 bits per heavy atom. The minimum absolute atomic E-state index is 0.0240. The Kier molecular flexibility index (Phi) is 3.68. The molecule has 1 heterocycles. The van der Waals surface area contributed by atoms with E-state index < -0.39 is 5.97 Å². The van der Waals surface area contributed by atoms with Gasteiger partial charge in [-0.2, -0.15) is 0 Å². The normalized spacial score (nSPS) is 10.8. The first-order valence-electron chi connectivity index (χ1n) is 6.58. The van der Waals surface area contributed by atoms with Crippen LogP contribution in [0.1, 0.15) is 21.1 Å². The van der Waals surface area contributed by atoms with E-state index in [9.17, 15) is 15.0 Å². The highest BCUT2D eigenvalue weighted by Gasteiger charge is 2.18. The molecule has 3 rings (SSSR count). The van der Waals surface area contributed by atoms with E-state index in [0.29, 0.717) is 16.5 Å².